The van der Waals surface area contributed by atoms with Crippen LogP contribution in [0.3, 0.4) is 0 Å². The van der Waals surface area contributed by atoms with E-state index in [4.69, 9.17) is 5.73 Å². The quantitative estimate of drug-likeness (QED) is 0.848. The van der Waals surface area contributed by atoms with E-state index in [1.165, 1.54) is 16.7 Å². The van der Waals surface area contributed by atoms with Gasteiger partial charge in [-0.2, -0.15) is 0 Å². The number of benzene rings is 1. The Labute approximate surface area is 99.5 Å². The highest BCUT2D eigenvalue weighted by atomic mass is 15.2. The van der Waals surface area contributed by atoms with Crippen molar-refractivity contribution < 1.29 is 0 Å². The number of hydrogen-bond acceptors (Lipinski definition) is 2. The molecule has 16 heavy (non-hydrogen) atoms. The number of rotatable bonds is 3. The first-order valence-corrected chi connectivity index (χ1v) is 5.77. The summed E-state index contributed by atoms with van der Waals surface area (Å²) in [5.74, 6) is 0. The van der Waals surface area contributed by atoms with Crippen LogP contribution in [0, 0.1) is 13.8 Å². The van der Waals surface area contributed by atoms with Crippen LogP contribution in [0.2, 0.25) is 0 Å². The van der Waals surface area contributed by atoms with E-state index in [1.54, 1.807) is 0 Å². The van der Waals surface area contributed by atoms with Crippen LogP contribution in [0.1, 0.15) is 36.6 Å². The number of likely N-dealkylation sites (N-methyl/N-ethyl adjacent to an activating group) is 1. The fraction of sp³-hybridized carbons (Fsp3) is 0.571. The van der Waals surface area contributed by atoms with Crippen molar-refractivity contribution in [1.29, 1.82) is 0 Å². The molecule has 0 aliphatic rings. The zero-order valence-electron chi connectivity index (χ0n) is 11.3. The second-order valence-corrected chi connectivity index (χ2v) is 5.31. The Morgan fingerprint density at radius 2 is 1.75 bits per heavy atom. The Morgan fingerprint density at radius 3 is 2.25 bits per heavy atom. The molecule has 2 N–H and O–H groups in total. The zero-order chi connectivity index (χ0) is 12.5. The standard InChI is InChI=1S/C14H24N2/c1-10-8-7-9-12(11(10)2)13(15)14(3,4)16(5)6/h7-9,13H,15H2,1-6H3. The largest absolute Gasteiger partial charge is 0.322 e. The molecule has 0 amide bonds. The predicted molar refractivity (Wildman–Crippen MR) is 70.6 cm³/mol. The molecule has 1 aromatic carbocycles. The Bertz CT molecular complexity index is 367. The van der Waals surface area contributed by atoms with Crippen LogP contribution in [0.5, 0.6) is 0 Å². The molecule has 2 heteroatoms. The highest BCUT2D eigenvalue weighted by Gasteiger charge is 2.30. The summed E-state index contributed by atoms with van der Waals surface area (Å²) in [5.41, 5.74) is 10.2. The van der Waals surface area contributed by atoms with E-state index >= 15 is 0 Å². The lowest BCUT2D eigenvalue weighted by Crippen LogP contribution is -2.47. The molecule has 0 fully saturated rings. The molecule has 1 atom stereocenters. The molecule has 1 unspecified atom stereocenters. The first-order chi connectivity index (χ1) is 7.28. The van der Waals surface area contributed by atoms with Gasteiger partial charge >= 0.3 is 0 Å². The molecule has 1 rings (SSSR count). The minimum absolute atomic E-state index is 0.0300. The number of nitrogens with zero attached hydrogens (tertiary/aromatic N) is 1. The minimum Gasteiger partial charge on any atom is -0.322 e. The van der Waals surface area contributed by atoms with E-state index in [0.29, 0.717) is 0 Å². The average molecular weight is 220 g/mol. The van der Waals surface area contributed by atoms with Gasteiger partial charge in [-0.05, 0) is 58.5 Å². The SMILES string of the molecule is Cc1cccc(C(N)C(C)(C)N(C)C)c1C. The maximum absolute atomic E-state index is 6.40. The van der Waals surface area contributed by atoms with Crippen molar-refractivity contribution in [3.05, 3.63) is 34.9 Å². The average Bonchev–Trinajstić information content (AvgIpc) is 2.21. The number of aryl methyl sites for hydroxylation is 1. The summed E-state index contributed by atoms with van der Waals surface area (Å²) in [4.78, 5) is 2.18. The van der Waals surface area contributed by atoms with Gasteiger partial charge in [0.15, 0.2) is 0 Å². The molecule has 0 aromatic heterocycles. The molecular weight excluding hydrogens is 196 g/mol. The Kier molecular flexibility index (Phi) is 3.76. The van der Waals surface area contributed by atoms with Crippen molar-refractivity contribution in [3.8, 4) is 0 Å². The van der Waals surface area contributed by atoms with E-state index in [-0.39, 0.29) is 11.6 Å². The van der Waals surface area contributed by atoms with E-state index in [1.807, 2.05) is 0 Å². The van der Waals surface area contributed by atoms with Crippen molar-refractivity contribution in [2.24, 2.45) is 5.73 Å². The maximum Gasteiger partial charge on any atom is 0.0479 e. The van der Waals surface area contributed by atoms with Crippen LogP contribution >= 0.6 is 0 Å². The van der Waals surface area contributed by atoms with Crippen molar-refractivity contribution in [1.82, 2.24) is 4.90 Å². The van der Waals surface area contributed by atoms with Crippen LogP contribution in [-0.2, 0) is 0 Å². The van der Waals surface area contributed by atoms with Gasteiger partial charge in [0.25, 0.3) is 0 Å². The molecule has 0 aliphatic heterocycles. The predicted octanol–water partition coefficient (Wildman–Crippen LogP) is 2.64. The molecule has 0 saturated heterocycles. The molecule has 0 spiro atoms. The minimum atomic E-state index is -0.0431. The third kappa shape index (κ3) is 2.28. The number of nitrogens with two attached hydrogens (primary N) is 1. The van der Waals surface area contributed by atoms with Crippen LogP contribution in [-0.4, -0.2) is 24.5 Å². The normalized spacial score (nSPS) is 14.2. The van der Waals surface area contributed by atoms with Gasteiger partial charge in [0, 0.05) is 11.6 Å². The Morgan fingerprint density at radius 1 is 1.19 bits per heavy atom. The summed E-state index contributed by atoms with van der Waals surface area (Å²) in [6.45, 7) is 8.64. The van der Waals surface area contributed by atoms with E-state index in [2.05, 4.69) is 64.9 Å². The summed E-state index contributed by atoms with van der Waals surface area (Å²) in [6.07, 6.45) is 0. The van der Waals surface area contributed by atoms with Gasteiger partial charge < -0.3 is 10.6 Å². The van der Waals surface area contributed by atoms with Crippen LogP contribution in [0.4, 0.5) is 0 Å². The van der Waals surface area contributed by atoms with Crippen molar-refractivity contribution in [3.63, 3.8) is 0 Å². The fourth-order valence-corrected chi connectivity index (χ4v) is 1.77. The number of hydrogen-bond donors (Lipinski definition) is 1. The topological polar surface area (TPSA) is 29.3 Å². The molecular formula is C14H24N2. The van der Waals surface area contributed by atoms with Crippen LogP contribution < -0.4 is 5.73 Å². The molecule has 0 heterocycles. The molecule has 0 radical (unpaired) electrons. The summed E-state index contributed by atoms with van der Waals surface area (Å²) in [6, 6.07) is 6.39. The second kappa shape index (κ2) is 4.56. The Balaban J connectivity index is 3.15. The van der Waals surface area contributed by atoms with Gasteiger partial charge in [0.05, 0.1) is 0 Å². The highest BCUT2D eigenvalue weighted by molar-refractivity contribution is 5.36. The van der Waals surface area contributed by atoms with Crippen LogP contribution in [0.15, 0.2) is 18.2 Å². The van der Waals surface area contributed by atoms with Crippen molar-refractivity contribution >= 4 is 0 Å². The van der Waals surface area contributed by atoms with Gasteiger partial charge in [-0.25, -0.2) is 0 Å². The third-order valence-electron chi connectivity index (χ3n) is 3.90. The highest BCUT2D eigenvalue weighted by Crippen LogP contribution is 2.30. The summed E-state index contributed by atoms with van der Waals surface area (Å²) < 4.78 is 0. The first-order valence-electron chi connectivity index (χ1n) is 5.77. The third-order valence-corrected chi connectivity index (χ3v) is 3.90. The smallest absolute Gasteiger partial charge is 0.0479 e. The molecule has 0 aliphatic carbocycles. The van der Waals surface area contributed by atoms with Gasteiger partial charge in [-0.15, -0.1) is 0 Å². The van der Waals surface area contributed by atoms with Crippen molar-refractivity contribution in [2.75, 3.05) is 14.1 Å². The monoisotopic (exact) mass is 220 g/mol. The molecule has 0 bridgehead atoms. The van der Waals surface area contributed by atoms with Gasteiger partial charge in [0.1, 0.15) is 0 Å². The lowest BCUT2D eigenvalue weighted by atomic mass is 9.85. The molecule has 90 valence electrons. The zero-order valence-corrected chi connectivity index (χ0v) is 11.3. The molecule has 0 saturated carbocycles. The summed E-state index contributed by atoms with van der Waals surface area (Å²) >= 11 is 0. The maximum atomic E-state index is 6.40. The van der Waals surface area contributed by atoms with Gasteiger partial charge in [0.2, 0.25) is 0 Å². The summed E-state index contributed by atoms with van der Waals surface area (Å²) in [5, 5.41) is 0. The van der Waals surface area contributed by atoms with Gasteiger partial charge in [-0.1, -0.05) is 18.2 Å². The molecule has 1 aromatic rings. The molecule has 2 nitrogen and oxygen atoms in total. The summed E-state index contributed by atoms with van der Waals surface area (Å²) in [7, 11) is 4.15. The second-order valence-electron chi connectivity index (χ2n) is 5.31. The van der Waals surface area contributed by atoms with E-state index in [9.17, 15) is 0 Å². The lowest BCUT2D eigenvalue weighted by Gasteiger charge is -2.39. The van der Waals surface area contributed by atoms with Gasteiger partial charge in [-0.3, -0.25) is 0 Å². The van der Waals surface area contributed by atoms with Crippen molar-refractivity contribution in [2.45, 2.75) is 39.3 Å². The Hall–Kier alpha value is -0.860. The van der Waals surface area contributed by atoms with E-state index in [0.717, 1.165) is 0 Å². The van der Waals surface area contributed by atoms with Crippen LogP contribution in [0.25, 0.3) is 0 Å². The van der Waals surface area contributed by atoms with E-state index < -0.39 is 0 Å². The fourth-order valence-electron chi connectivity index (χ4n) is 1.77. The lowest BCUT2D eigenvalue weighted by molar-refractivity contribution is 0.158. The first kappa shape index (κ1) is 13.2.